The fraction of sp³-hybridized carbons (Fsp3) is 0.267. The van der Waals surface area contributed by atoms with E-state index in [9.17, 15) is 0 Å². The monoisotopic (exact) mass is 224 g/mol. The minimum atomic E-state index is 0.978. The van der Waals surface area contributed by atoms with Gasteiger partial charge >= 0.3 is 0 Å². The second-order valence-corrected chi connectivity index (χ2v) is 4.63. The van der Waals surface area contributed by atoms with Crippen molar-refractivity contribution < 1.29 is 0 Å². The molecule has 17 heavy (non-hydrogen) atoms. The summed E-state index contributed by atoms with van der Waals surface area (Å²) in [5, 5.41) is 0. The maximum absolute atomic E-state index is 4.50. The maximum atomic E-state index is 4.50. The Morgan fingerprint density at radius 1 is 1.06 bits per heavy atom. The molecule has 0 unspecified atom stereocenters. The van der Waals surface area contributed by atoms with Crippen LogP contribution in [0.3, 0.4) is 0 Å². The topological polar surface area (TPSA) is 16.1 Å². The average Bonchev–Trinajstić information content (AvgIpc) is 2.39. The molecule has 2 nitrogen and oxygen atoms in total. The van der Waals surface area contributed by atoms with Gasteiger partial charge in [-0.2, -0.15) is 0 Å². The maximum Gasteiger partial charge on any atom is 0.128 e. The van der Waals surface area contributed by atoms with E-state index in [1.165, 1.54) is 16.7 Å². The van der Waals surface area contributed by atoms with Crippen molar-refractivity contribution >= 4 is 5.82 Å². The van der Waals surface area contributed by atoms with Crippen LogP contribution < -0.4 is 4.90 Å². The first-order chi connectivity index (χ1) is 8.33. The number of anilines is 1. The third kappa shape index (κ3) is 2.03. The van der Waals surface area contributed by atoms with Crippen LogP contribution in [0.1, 0.15) is 16.7 Å². The van der Waals surface area contributed by atoms with E-state index >= 15 is 0 Å². The second kappa shape index (κ2) is 4.21. The number of hydrogen-bond donors (Lipinski definition) is 0. The molecule has 0 spiro atoms. The van der Waals surface area contributed by atoms with E-state index in [-0.39, 0.29) is 0 Å². The number of pyridine rings is 1. The molecule has 2 aromatic rings. The minimum Gasteiger partial charge on any atom is -0.352 e. The highest BCUT2D eigenvalue weighted by molar-refractivity contribution is 5.44. The summed E-state index contributed by atoms with van der Waals surface area (Å²) in [6.07, 6.45) is 3.06. The Balaban J connectivity index is 1.86. The summed E-state index contributed by atoms with van der Waals surface area (Å²) in [6, 6.07) is 12.9. The Bertz CT molecular complexity index is 517. The van der Waals surface area contributed by atoms with Crippen molar-refractivity contribution in [2.75, 3.05) is 11.4 Å². The summed E-state index contributed by atoms with van der Waals surface area (Å²) in [5.74, 6) is 1.09. The van der Waals surface area contributed by atoms with Gasteiger partial charge in [-0.05, 0) is 36.1 Å². The molecule has 0 N–H and O–H groups in total. The van der Waals surface area contributed by atoms with Crippen molar-refractivity contribution in [3.8, 4) is 0 Å². The van der Waals surface area contributed by atoms with Crippen LogP contribution in [-0.2, 0) is 13.0 Å². The number of fused-ring (bicyclic) bond motifs is 1. The molecule has 0 saturated carbocycles. The fourth-order valence-corrected chi connectivity index (χ4v) is 2.34. The van der Waals surface area contributed by atoms with Gasteiger partial charge in [-0.15, -0.1) is 0 Å². The van der Waals surface area contributed by atoms with Crippen molar-refractivity contribution in [1.29, 1.82) is 0 Å². The Morgan fingerprint density at radius 2 is 1.88 bits per heavy atom. The third-order valence-electron chi connectivity index (χ3n) is 3.35. The molecule has 1 aliphatic rings. The highest BCUT2D eigenvalue weighted by atomic mass is 15.2. The zero-order chi connectivity index (χ0) is 11.7. The first-order valence-corrected chi connectivity index (χ1v) is 6.07. The molecule has 0 aliphatic carbocycles. The molecule has 0 radical (unpaired) electrons. The summed E-state index contributed by atoms with van der Waals surface area (Å²) in [7, 11) is 0. The smallest absolute Gasteiger partial charge is 0.128 e. The zero-order valence-corrected chi connectivity index (χ0v) is 10.1. The fourth-order valence-electron chi connectivity index (χ4n) is 2.34. The van der Waals surface area contributed by atoms with E-state index in [0.29, 0.717) is 0 Å². The van der Waals surface area contributed by atoms with Crippen LogP contribution in [0, 0.1) is 6.92 Å². The first kappa shape index (κ1) is 10.3. The summed E-state index contributed by atoms with van der Waals surface area (Å²) >= 11 is 0. The van der Waals surface area contributed by atoms with E-state index in [1.807, 2.05) is 6.20 Å². The molecule has 0 fully saturated rings. The predicted octanol–water partition coefficient (Wildman–Crippen LogP) is 2.95. The molecular formula is C15H16N2. The molecule has 0 amide bonds. The number of aryl methyl sites for hydroxylation is 1. The molecule has 0 atom stereocenters. The largest absolute Gasteiger partial charge is 0.352 e. The van der Waals surface area contributed by atoms with Gasteiger partial charge in [0.05, 0.1) is 0 Å². The molecular weight excluding hydrogens is 208 g/mol. The molecule has 1 aromatic heterocycles. The molecule has 1 aromatic carbocycles. The van der Waals surface area contributed by atoms with Crippen molar-refractivity contribution in [1.82, 2.24) is 4.98 Å². The van der Waals surface area contributed by atoms with Gasteiger partial charge < -0.3 is 4.90 Å². The lowest BCUT2D eigenvalue weighted by Crippen LogP contribution is -2.30. The minimum absolute atomic E-state index is 0.978. The highest BCUT2D eigenvalue weighted by Crippen LogP contribution is 2.22. The standard InChI is InChI=1S/C15H16N2/c1-12-6-7-15(16-10-12)17-9-8-13-4-2-3-5-14(13)11-17/h2-7,10H,8-9,11H2,1H3. The van der Waals surface area contributed by atoms with Gasteiger partial charge in [0.1, 0.15) is 5.82 Å². The number of rotatable bonds is 1. The Labute approximate surface area is 102 Å². The van der Waals surface area contributed by atoms with Crippen LogP contribution in [0.25, 0.3) is 0 Å². The Morgan fingerprint density at radius 3 is 2.65 bits per heavy atom. The van der Waals surface area contributed by atoms with E-state index in [1.54, 1.807) is 0 Å². The SMILES string of the molecule is Cc1ccc(N2CCc3ccccc3C2)nc1. The molecule has 2 heterocycles. The van der Waals surface area contributed by atoms with Crippen LogP contribution in [0.4, 0.5) is 5.82 Å². The van der Waals surface area contributed by atoms with Gasteiger partial charge in [-0.3, -0.25) is 0 Å². The lowest BCUT2D eigenvalue weighted by Gasteiger charge is -2.29. The van der Waals surface area contributed by atoms with Crippen molar-refractivity contribution in [2.45, 2.75) is 19.9 Å². The van der Waals surface area contributed by atoms with E-state index in [2.05, 4.69) is 53.2 Å². The van der Waals surface area contributed by atoms with Crippen molar-refractivity contribution in [3.63, 3.8) is 0 Å². The van der Waals surface area contributed by atoms with Crippen LogP contribution in [0.5, 0.6) is 0 Å². The van der Waals surface area contributed by atoms with Gasteiger partial charge in [-0.25, -0.2) is 4.98 Å². The molecule has 1 aliphatic heterocycles. The summed E-state index contributed by atoms with van der Waals surface area (Å²) < 4.78 is 0. The Kier molecular flexibility index (Phi) is 2.56. The van der Waals surface area contributed by atoms with Gasteiger partial charge in [0, 0.05) is 19.3 Å². The number of nitrogens with zero attached hydrogens (tertiary/aromatic N) is 2. The second-order valence-electron chi connectivity index (χ2n) is 4.63. The molecule has 0 bridgehead atoms. The van der Waals surface area contributed by atoms with Crippen LogP contribution in [0.2, 0.25) is 0 Å². The highest BCUT2D eigenvalue weighted by Gasteiger charge is 2.16. The van der Waals surface area contributed by atoms with Crippen LogP contribution >= 0.6 is 0 Å². The Hall–Kier alpha value is -1.83. The number of benzene rings is 1. The first-order valence-electron chi connectivity index (χ1n) is 6.07. The molecule has 2 heteroatoms. The zero-order valence-electron chi connectivity index (χ0n) is 10.1. The predicted molar refractivity (Wildman–Crippen MR) is 70.2 cm³/mol. The van der Waals surface area contributed by atoms with Gasteiger partial charge in [-0.1, -0.05) is 30.3 Å². The van der Waals surface area contributed by atoms with E-state index < -0.39 is 0 Å². The number of hydrogen-bond acceptors (Lipinski definition) is 2. The van der Waals surface area contributed by atoms with Gasteiger partial charge in [0.2, 0.25) is 0 Å². The number of aromatic nitrogens is 1. The summed E-state index contributed by atoms with van der Waals surface area (Å²) in [5.41, 5.74) is 4.13. The molecule has 0 saturated heterocycles. The molecule has 3 rings (SSSR count). The van der Waals surface area contributed by atoms with Crippen LogP contribution in [0.15, 0.2) is 42.6 Å². The van der Waals surface area contributed by atoms with Crippen molar-refractivity contribution in [2.24, 2.45) is 0 Å². The average molecular weight is 224 g/mol. The lowest BCUT2D eigenvalue weighted by atomic mass is 10.00. The van der Waals surface area contributed by atoms with E-state index in [4.69, 9.17) is 0 Å². The van der Waals surface area contributed by atoms with Gasteiger partial charge in [0.15, 0.2) is 0 Å². The third-order valence-corrected chi connectivity index (χ3v) is 3.35. The normalized spacial score (nSPS) is 14.5. The van der Waals surface area contributed by atoms with Gasteiger partial charge in [0.25, 0.3) is 0 Å². The lowest BCUT2D eigenvalue weighted by molar-refractivity contribution is 0.720. The summed E-state index contributed by atoms with van der Waals surface area (Å²) in [6.45, 7) is 4.11. The summed E-state index contributed by atoms with van der Waals surface area (Å²) in [4.78, 5) is 6.85. The van der Waals surface area contributed by atoms with Crippen molar-refractivity contribution in [3.05, 3.63) is 59.3 Å². The van der Waals surface area contributed by atoms with E-state index in [0.717, 1.165) is 25.3 Å². The van der Waals surface area contributed by atoms with Crippen LogP contribution in [-0.4, -0.2) is 11.5 Å². The quantitative estimate of drug-likeness (QED) is 0.740. The molecule has 86 valence electrons.